The summed E-state index contributed by atoms with van der Waals surface area (Å²) >= 11 is 0. The summed E-state index contributed by atoms with van der Waals surface area (Å²) in [4.78, 5) is 15.3. The lowest BCUT2D eigenvalue weighted by Crippen LogP contribution is -2.01. The van der Waals surface area contributed by atoms with E-state index < -0.39 is 0 Å². The molecular weight excluding hydrogens is 651 g/mol. The van der Waals surface area contributed by atoms with Gasteiger partial charge in [0.2, 0.25) is 0 Å². The van der Waals surface area contributed by atoms with Crippen LogP contribution in [0, 0.1) is 22.7 Å². The van der Waals surface area contributed by atoms with Gasteiger partial charge >= 0.3 is 0 Å². The zero-order valence-corrected chi connectivity index (χ0v) is 28.2. The highest BCUT2D eigenvalue weighted by molar-refractivity contribution is 6.12. The van der Waals surface area contributed by atoms with Crippen molar-refractivity contribution in [3.8, 4) is 79.7 Å². The van der Waals surface area contributed by atoms with Crippen LogP contribution in [-0.2, 0) is 0 Å². The first-order valence-electron chi connectivity index (χ1n) is 17.1. The van der Waals surface area contributed by atoms with Crippen molar-refractivity contribution in [2.75, 3.05) is 0 Å². The predicted molar refractivity (Wildman–Crippen MR) is 209 cm³/mol. The lowest BCUT2D eigenvalue weighted by molar-refractivity contribution is 0.669. The van der Waals surface area contributed by atoms with Crippen LogP contribution in [0.5, 0.6) is 0 Å². The lowest BCUT2D eigenvalue weighted by atomic mass is 9.88. The number of hydrogen-bond donors (Lipinski definition) is 0. The molecule has 0 bridgehead atoms. The third kappa shape index (κ3) is 5.67. The maximum atomic E-state index is 10.1. The third-order valence-electron chi connectivity index (χ3n) is 9.43. The van der Waals surface area contributed by atoms with E-state index in [-0.39, 0.29) is 0 Å². The number of rotatable bonds is 6. The molecule has 246 valence electrons. The van der Waals surface area contributed by atoms with Crippen LogP contribution < -0.4 is 0 Å². The van der Waals surface area contributed by atoms with E-state index in [1.54, 1.807) is 0 Å². The summed E-state index contributed by atoms with van der Waals surface area (Å²) in [6.45, 7) is 0. The van der Waals surface area contributed by atoms with E-state index in [1.165, 1.54) is 0 Å². The minimum atomic E-state index is 0.458. The van der Waals surface area contributed by atoms with Gasteiger partial charge in [-0.2, -0.15) is 10.5 Å². The maximum absolute atomic E-state index is 10.1. The predicted octanol–water partition coefficient (Wildman–Crippen LogP) is 11.5. The van der Waals surface area contributed by atoms with Crippen molar-refractivity contribution in [3.63, 3.8) is 0 Å². The molecule has 53 heavy (non-hydrogen) atoms. The first kappa shape index (κ1) is 31.3. The molecular formula is C47H27N5O. The van der Waals surface area contributed by atoms with Crippen molar-refractivity contribution >= 4 is 21.9 Å². The molecule has 0 radical (unpaired) electrons. The number of nitrogens with zero attached hydrogens (tertiary/aromatic N) is 5. The largest absolute Gasteiger partial charge is 0.455 e. The first-order valence-corrected chi connectivity index (χ1v) is 17.1. The Hall–Kier alpha value is -7.67. The Balaban J connectivity index is 1.39. The summed E-state index contributed by atoms with van der Waals surface area (Å²) in [5.74, 6) is 1.53. The Morgan fingerprint density at radius 2 is 0.868 bits per heavy atom. The van der Waals surface area contributed by atoms with Crippen LogP contribution in [0.4, 0.5) is 0 Å². The first-order chi connectivity index (χ1) is 26.2. The zero-order valence-electron chi connectivity index (χ0n) is 28.2. The highest BCUT2D eigenvalue weighted by Gasteiger charge is 2.23. The Bertz CT molecular complexity index is 2780. The van der Waals surface area contributed by atoms with E-state index in [4.69, 9.17) is 19.4 Å². The fraction of sp³-hybridized carbons (Fsp3) is 0. The third-order valence-corrected chi connectivity index (χ3v) is 9.43. The van der Waals surface area contributed by atoms with E-state index in [9.17, 15) is 10.5 Å². The van der Waals surface area contributed by atoms with Gasteiger partial charge in [0.1, 0.15) is 11.2 Å². The van der Waals surface area contributed by atoms with Crippen LogP contribution in [0.25, 0.3) is 89.5 Å². The minimum absolute atomic E-state index is 0.458. The normalized spacial score (nSPS) is 11.0. The van der Waals surface area contributed by atoms with Crippen molar-refractivity contribution in [3.05, 3.63) is 175 Å². The van der Waals surface area contributed by atoms with Gasteiger partial charge in [0.15, 0.2) is 17.5 Å². The van der Waals surface area contributed by atoms with E-state index >= 15 is 0 Å². The Morgan fingerprint density at radius 3 is 1.43 bits per heavy atom. The number of hydrogen-bond acceptors (Lipinski definition) is 6. The van der Waals surface area contributed by atoms with Gasteiger partial charge in [-0.1, -0.05) is 121 Å². The van der Waals surface area contributed by atoms with Gasteiger partial charge < -0.3 is 4.42 Å². The molecule has 0 saturated carbocycles. The standard InChI is InChI=1S/C47H27N5O/c48-28-32-17-7-9-19-37(32)34-25-35(38-20-10-8-18-33(38)29-49)27-36(26-34)39-23-24-41-40-21-11-12-22-42(40)53-44(41)43(39)47-51-45(30-13-3-1-4-14-30)50-46(52-47)31-15-5-2-6-16-31/h1-27H. The van der Waals surface area contributed by atoms with E-state index in [0.29, 0.717) is 39.7 Å². The van der Waals surface area contributed by atoms with E-state index in [1.807, 2.05) is 133 Å². The van der Waals surface area contributed by atoms with Gasteiger partial charge in [-0.05, 0) is 75.8 Å². The van der Waals surface area contributed by atoms with Crippen molar-refractivity contribution in [2.45, 2.75) is 0 Å². The van der Waals surface area contributed by atoms with Gasteiger partial charge in [-0.25, -0.2) is 15.0 Å². The molecule has 0 unspecified atom stereocenters. The average Bonchev–Trinajstić information content (AvgIpc) is 3.62. The molecule has 2 heterocycles. The molecule has 0 aliphatic carbocycles. The van der Waals surface area contributed by atoms with E-state index in [2.05, 4.69) is 42.5 Å². The quantitative estimate of drug-likeness (QED) is 0.174. The van der Waals surface area contributed by atoms with Crippen LogP contribution in [-0.4, -0.2) is 15.0 Å². The summed E-state index contributed by atoms with van der Waals surface area (Å²) in [6, 6.07) is 58.0. The van der Waals surface area contributed by atoms with Crippen LogP contribution in [0.1, 0.15) is 11.1 Å². The van der Waals surface area contributed by atoms with Gasteiger partial charge in [-0.3, -0.25) is 0 Å². The molecule has 0 aliphatic heterocycles. The van der Waals surface area contributed by atoms with Crippen LogP contribution in [0.15, 0.2) is 168 Å². The van der Waals surface area contributed by atoms with Gasteiger partial charge in [-0.15, -0.1) is 0 Å². The Kier molecular flexibility index (Phi) is 7.82. The lowest BCUT2D eigenvalue weighted by Gasteiger charge is -2.16. The number of furan rings is 1. The van der Waals surface area contributed by atoms with Crippen molar-refractivity contribution in [1.29, 1.82) is 10.5 Å². The second kappa shape index (κ2) is 13.2. The van der Waals surface area contributed by atoms with E-state index in [0.717, 1.165) is 60.9 Å². The average molecular weight is 678 g/mol. The molecule has 6 nitrogen and oxygen atoms in total. The molecule has 6 heteroatoms. The second-order valence-electron chi connectivity index (χ2n) is 12.6. The van der Waals surface area contributed by atoms with Crippen molar-refractivity contribution in [1.82, 2.24) is 15.0 Å². The molecule has 9 aromatic rings. The van der Waals surface area contributed by atoms with Crippen molar-refractivity contribution in [2.24, 2.45) is 0 Å². The van der Waals surface area contributed by atoms with Gasteiger partial charge in [0.05, 0.1) is 28.8 Å². The molecule has 7 aromatic carbocycles. The molecule has 0 atom stereocenters. The SMILES string of the molecule is N#Cc1ccccc1-c1cc(-c2ccccc2C#N)cc(-c2ccc3c(oc4ccccc43)c2-c2nc(-c3ccccc3)nc(-c3ccccc3)n2)c1. The molecule has 2 aromatic heterocycles. The summed E-state index contributed by atoms with van der Waals surface area (Å²) in [5.41, 5.74) is 9.85. The fourth-order valence-electron chi connectivity index (χ4n) is 6.93. The number of para-hydroxylation sites is 1. The summed E-state index contributed by atoms with van der Waals surface area (Å²) in [6.07, 6.45) is 0. The Labute approximate surface area is 305 Å². The number of fused-ring (bicyclic) bond motifs is 3. The number of benzene rings is 7. The molecule has 0 spiro atoms. The fourth-order valence-corrected chi connectivity index (χ4v) is 6.93. The minimum Gasteiger partial charge on any atom is -0.455 e. The number of aromatic nitrogens is 3. The molecule has 0 aliphatic rings. The number of nitriles is 2. The smallest absolute Gasteiger partial charge is 0.168 e. The zero-order chi connectivity index (χ0) is 35.7. The second-order valence-corrected chi connectivity index (χ2v) is 12.6. The molecule has 0 N–H and O–H groups in total. The molecule has 9 rings (SSSR count). The molecule has 0 fully saturated rings. The summed E-state index contributed by atoms with van der Waals surface area (Å²) in [7, 11) is 0. The maximum Gasteiger partial charge on any atom is 0.168 e. The molecule has 0 saturated heterocycles. The van der Waals surface area contributed by atoms with Gasteiger partial charge in [0, 0.05) is 21.9 Å². The van der Waals surface area contributed by atoms with Gasteiger partial charge in [0.25, 0.3) is 0 Å². The highest BCUT2D eigenvalue weighted by atomic mass is 16.3. The molecule has 0 amide bonds. The topological polar surface area (TPSA) is 99.4 Å². The monoisotopic (exact) mass is 677 g/mol. The van der Waals surface area contributed by atoms with Crippen LogP contribution >= 0.6 is 0 Å². The summed E-state index contributed by atoms with van der Waals surface area (Å²) < 4.78 is 6.71. The van der Waals surface area contributed by atoms with Crippen molar-refractivity contribution < 1.29 is 4.42 Å². The van der Waals surface area contributed by atoms with Crippen LogP contribution in [0.2, 0.25) is 0 Å². The Morgan fingerprint density at radius 1 is 0.396 bits per heavy atom. The highest BCUT2D eigenvalue weighted by Crippen LogP contribution is 2.44. The van der Waals surface area contributed by atoms with Crippen LogP contribution in [0.3, 0.4) is 0 Å². The summed E-state index contributed by atoms with van der Waals surface area (Å²) in [5, 5.41) is 22.2.